The molecule has 17 nitrogen and oxygen atoms in total. The maximum Gasteiger partial charge on any atom is 0.472 e. The quantitative estimate of drug-likeness (QED) is 0.0222. The minimum Gasteiger partial charge on any atom is -0.462 e. The highest BCUT2D eigenvalue weighted by Gasteiger charge is 2.31. The van der Waals surface area contributed by atoms with E-state index in [1.54, 1.807) is 0 Å². The van der Waals surface area contributed by atoms with Gasteiger partial charge in [-0.1, -0.05) is 421 Å². The number of aliphatic hydroxyl groups excluding tert-OH is 1. The lowest BCUT2D eigenvalue weighted by molar-refractivity contribution is -0.161. The molecule has 0 fully saturated rings. The second-order valence-electron chi connectivity index (χ2n) is 34.0. The van der Waals surface area contributed by atoms with Gasteiger partial charge in [-0.05, 0) is 49.4 Å². The van der Waals surface area contributed by atoms with Crippen LogP contribution in [0.3, 0.4) is 0 Å². The molecule has 0 aliphatic heterocycles. The summed E-state index contributed by atoms with van der Waals surface area (Å²) < 4.78 is 69.0. The normalized spacial score (nSPS) is 14.1. The Bertz CT molecular complexity index is 2110. The Morgan fingerprint density at radius 3 is 0.651 bits per heavy atom. The molecule has 0 saturated carbocycles. The molecule has 0 rings (SSSR count). The predicted molar refractivity (Wildman–Crippen MR) is 451 cm³/mol. The first-order valence-corrected chi connectivity index (χ1v) is 49.2. The Morgan fingerprint density at radius 1 is 0.257 bits per heavy atom. The molecule has 0 bridgehead atoms. The van der Waals surface area contributed by atoms with E-state index in [4.69, 9.17) is 37.0 Å². The van der Waals surface area contributed by atoms with Crippen molar-refractivity contribution in [2.75, 3.05) is 39.6 Å². The van der Waals surface area contributed by atoms with E-state index in [0.29, 0.717) is 31.6 Å². The lowest BCUT2D eigenvalue weighted by atomic mass is 9.99. The van der Waals surface area contributed by atoms with Crippen LogP contribution in [0, 0.1) is 23.7 Å². The van der Waals surface area contributed by atoms with Gasteiger partial charge in [0, 0.05) is 25.7 Å². The van der Waals surface area contributed by atoms with Crippen LogP contribution in [-0.4, -0.2) is 96.7 Å². The summed E-state index contributed by atoms with van der Waals surface area (Å²) in [7, 11) is -9.93. The van der Waals surface area contributed by atoms with E-state index in [2.05, 4.69) is 55.4 Å². The molecule has 0 aromatic rings. The van der Waals surface area contributed by atoms with Crippen LogP contribution >= 0.6 is 15.6 Å². The predicted octanol–water partition coefficient (Wildman–Crippen LogP) is 27.5. The maximum absolute atomic E-state index is 13.2. The van der Waals surface area contributed by atoms with Crippen molar-refractivity contribution < 1.29 is 80.2 Å². The van der Waals surface area contributed by atoms with E-state index in [-0.39, 0.29) is 25.7 Å². The summed E-state index contributed by atoms with van der Waals surface area (Å²) >= 11 is 0. The van der Waals surface area contributed by atoms with Gasteiger partial charge in [-0.3, -0.25) is 37.3 Å². The number of esters is 4. The van der Waals surface area contributed by atoms with Crippen LogP contribution < -0.4 is 0 Å². The number of rotatable bonds is 87. The van der Waals surface area contributed by atoms with Crippen LogP contribution in [0.4, 0.5) is 0 Å². The number of aliphatic hydroxyl groups is 1. The molecule has 109 heavy (non-hydrogen) atoms. The summed E-state index contributed by atoms with van der Waals surface area (Å²) in [5.74, 6) is 1.08. The maximum atomic E-state index is 13.2. The second-order valence-corrected chi connectivity index (χ2v) is 36.9. The number of phosphoric ester groups is 2. The zero-order chi connectivity index (χ0) is 80.2. The Kier molecular flexibility index (Phi) is 77.2. The zero-order valence-corrected chi connectivity index (χ0v) is 74.0. The van der Waals surface area contributed by atoms with Gasteiger partial charge in [0.2, 0.25) is 0 Å². The third-order valence-electron chi connectivity index (χ3n) is 21.4. The molecule has 0 aliphatic rings. The van der Waals surface area contributed by atoms with Crippen molar-refractivity contribution in [3.8, 4) is 0 Å². The summed E-state index contributed by atoms with van der Waals surface area (Å²) in [5, 5.41) is 10.7. The summed E-state index contributed by atoms with van der Waals surface area (Å²) in [6, 6.07) is 0. The number of phosphoric acid groups is 2. The highest BCUT2D eigenvalue weighted by Crippen LogP contribution is 2.45. The molecule has 0 spiro atoms. The second kappa shape index (κ2) is 78.6. The average Bonchev–Trinajstić information content (AvgIpc) is 0.922. The minimum absolute atomic E-state index is 0.106. The lowest BCUT2D eigenvalue weighted by Gasteiger charge is -2.21. The molecule has 0 saturated heterocycles. The smallest absolute Gasteiger partial charge is 0.462 e. The van der Waals surface area contributed by atoms with Crippen molar-refractivity contribution in [3.05, 3.63) is 0 Å². The Labute approximate surface area is 670 Å². The third-order valence-corrected chi connectivity index (χ3v) is 23.3. The summed E-state index contributed by atoms with van der Waals surface area (Å²) in [4.78, 5) is 73.3. The SMILES string of the molecule is CCC(C)CCCCCCCCCCCCCCCCCCCCC(=O)O[C@H](COC(=O)CCCCCCCCCCCCCCCCCCCCC(C)C)COP(=O)(O)OCC(O)COP(=O)(O)OC[C@@H](COC(=O)CCCCCCCCCC(C)C)OC(=O)CCCCCCCCCCCCCCCC(C)C. The number of carbonyl (C=O) groups is 4. The van der Waals surface area contributed by atoms with Crippen molar-refractivity contribution in [1.29, 1.82) is 0 Å². The van der Waals surface area contributed by atoms with E-state index in [1.807, 2.05) is 0 Å². The van der Waals surface area contributed by atoms with Gasteiger partial charge in [0.05, 0.1) is 26.4 Å². The van der Waals surface area contributed by atoms with Gasteiger partial charge in [0.25, 0.3) is 0 Å². The molecule has 0 aromatic carbocycles. The van der Waals surface area contributed by atoms with E-state index in [1.165, 1.54) is 270 Å². The fourth-order valence-electron chi connectivity index (χ4n) is 14.0. The zero-order valence-electron chi connectivity index (χ0n) is 72.2. The number of ether oxygens (including phenoxy) is 4. The Morgan fingerprint density at radius 2 is 0.440 bits per heavy atom. The first-order valence-electron chi connectivity index (χ1n) is 46.2. The van der Waals surface area contributed by atoms with E-state index >= 15 is 0 Å². The standard InChI is InChI=1S/C90H176O17P2/c1-9-83(8)69-61-53-45-37-31-25-19-15-11-13-17-21-27-33-39-47-56-64-72-89(94)106-85(76-100-87(92)70-62-54-46-38-32-26-20-16-12-10-14-18-23-29-35-42-50-58-66-80(2)3)78-104-108(96,97)102-74-84(91)75-103-109(98,99)105-79-86(77-101-88(93)71-63-55-49-41-44-52-60-68-82(6)7)107-90(95)73-65-57-48-40-34-28-22-24-30-36-43-51-59-67-81(4)5/h80-86,91H,9-79H2,1-8H3,(H,96,97)(H,98,99)/t83?,84?,85-,86-/m1/s1. The van der Waals surface area contributed by atoms with E-state index < -0.39 is 97.5 Å². The first-order chi connectivity index (χ1) is 52.6. The molecule has 0 heterocycles. The molecule has 0 radical (unpaired) electrons. The highest BCUT2D eigenvalue weighted by atomic mass is 31.2. The fourth-order valence-corrected chi connectivity index (χ4v) is 15.6. The summed E-state index contributed by atoms with van der Waals surface area (Å²) in [6.07, 6.45) is 69.6. The molecule has 19 heteroatoms. The Balaban J connectivity index is 5.22. The molecule has 0 amide bonds. The summed E-state index contributed by atoms with van der Waals surface area (Å²) in [5.41, 5.74) is 0. The van der Waals surface area contributed by atoms with Crippen LogP contribution in [0.2, 0.25) is 0 Å². The van der Waals surface area contributed by atoms with Crippen molar-refractivity contribution in [1.82, 2.24) is 0 Å². The number of hydrogen-bond acceptors (Lipinski definition) is 15. The van der Waals surface area contributed by atoms with E-state index in [0.717, 1.165) is 114 Å². The molecule has 0 aromatic heterocycles. The first kappa shape index (κ1) is 107. The lowest BCUT2D eigenvalue weighted by Crippen LogP contribution is -2.30. The monoisotopic (exact) mass is 1590 g/mol. The topological polar surface area (TPSA) is 237 Å². The largest absolute Gasteiger partial charge is 0.472 e. The van der Waals surface area contributed by atoms with Gasteiger partial charge in [-0.2, -0.15) is 0 Å². The molecule has 6 atom stereocenters. The molecular formula is C90H176O17P2. The molecular weight excluding hydrogens is 1410 g/mol. The van der Waals surface area contributed by atoms with Crippen molar-refractivity contribution in [3.63, 3.8) is 0 Å². The van der Waals surface area contributed by atoms with Crippen LogP contribution in [0.1, 0.15) is 473 Å². The van der Waals surface area contributed by atoms with Crippen LogP contribution in [-0.2, 0) is 65.4 Å². The minimum atomic E-state index is -4.97. The fraction of sp³-hybridized carbons (Fsp3) is 0.956. The van der Waals surface area contributed by atoms with Crippen molar-refractivity contribution in [2.24, 2.45) is 23.7 Å². The molecule has 3 N–H and O–H groups in total. The van der Waals surface area contributed by atoms with Gasteiger partial charge in [-0.25, -0.2) is 9.13 Å². The van der Waals surface area contributed by atoms with E-state index in [9.17, 15) is 43.2 Å². The molecule has 648 valence electrons. The number of unbranched alkanes of at least 4 members (excludes halogenated alkanes) is 52. The third kappa shape index (κ3) is 82.4. The van der Waals surface area contributed by atoms with Gasteiger partial charge >= 0.3 is 39.5 Å². The molecule has 4 unspecified atom stereocenters. The van der Waals surface area contributed by atoms with Crippen LogP contribution in [0.5, 0.6) is 0 Å². The van der Waals surface area contributed by atoms with Gasteiger partial charge in [0.1, 0.15) is 19.3 Å². The van der Waals surface area contributed by atoms with Crippen LogP contribution in [0.15, 0.2) is 0 Å². The van der Waals surface area contributed by atoms with Gasteiger partial charge in [0.15, 0.2) is 12.2 Å². The number of carbonyl (C=O) groups excluding carboxylic acids is 4. The highest BCUT2D eigenvalue weighted by molar-refractivity contribution is 7.47. The number of hydrogen-bond donors (Lipinski definition) is 3. The average molecular weight is 1590 g/mol. The van der Waals surface area contributed by atoms with Crippen LogP contribution in [0.25, 0.3) is 0 Å². The Hall–Kier alpha value is -1.94. The van der Waals surface area contributed by atoms with Gasteiger partial charge in [-0.15, -0.1) is 0 Å². The van der Waals surface area contributed by atoms with Gasteiger partial charge < -0.3 is 33.8 Å². The van der Waals surface area contributed by atoms with Crippen molar-refractivity contribution >= 4 is 39.5 Å². The summed E-state index contributed by atoms with van der Waals surface area (Å²) in [6.45, 7) is 14.4. The van der Waals surface area contributed by atoms with Crippen molar-refractivity contribution in [2.45, 2.75) is 491 Å². The molecule has 0 aliphatic carbocycles.